The summed E-state index contributed by atoms with van der Waals surface area (Å²) in [5, 5.41) is 3.47. The average molecular weight is 352 g/mol. The molecule has 2 aromatic rings. The number of hydrogen-bond acceptors (Lipinski definition) is 3. The summed E-state index contributed by atoms with van der Waals surface area (Å²) < 4.78 is 1.98. The molecule has 2 fully saturated rings. The lowest BCUT2D eigenvalue weighted by atomic mass is 9.73. The van der Waals surface area contributed by atoms with E-state index < -0.39 is 0 Å². The van der Waals surface area contributed by atoms with E-state index in [-0.39, 0.29) is 5.91 Å². The molecule has 0 bridgehead atoms. The maximum atomic E-state index is 12.9. The zero-order valence-electron chi connectivity index (χ0n) is 15.4. The lowest BCUT2D eigenvalue weighted by Crippen LogP contribution is -2.38. The molecule has 0 atom stereocenters. The normalized spacial score (nSPS) is 20.1. The molecule has 1 aromatic heterocycles. The van der Waals surface area contributed by atoms with Crippen molar-refractivity contribution in [3.63, 3.8) is 0 Å². The van der Waals surface area contributed by atoms with Crippen LogP contribution in [0.1, 0.15) is 32.1 Å². The monoisotopic (exact) mass is 352 g/mol. The van der Waals surface area contributed by atoms with E-state index >= 15 is 0 Å². The predicted molar refractivity (Wildman–Crippen MR) is 103 cm³/mol. The summed E-state index contributed by atoms with van der Waals surface area (Å²) in [4.78, 5) is 19.5. The maximum Gasteiger partial charge on any atom is 0.242 e. The van der Waals surface area contributed by atoms with Gasteiger partial charge in [-0.25, -0.2) is 4.98 Å². The number of benzene rings is 1. The van der Waals surface area contributed by atoms with Crippen molar-refractivity contribution >= 4 is 5.91 Å². The minimum Gasteiger partial charge on any atom is -0.341 e. The second kappa shape index (κ2) is 7.62. The van der Waals surface area contributed by atoms with Crippen molar-refractivity contribution in [2.75, 3.05) is 26.2 Å². The fraction of sp³-hybridized carbons (Fsp3) is 0.524. The molecule has 0 unspecified atom stereocenters. The highest BCUT2D eigenvalue weighted by Crippen LogP contribution is 2.39. The van der Waals surface area contributed by atoms with Gasteiger partial charge in [0.1, 0.15) is 12.4 Å². The van der Waals surface area contributed by atoms with Crippen LogP contribution in [-0.4, -0.2) is 46.5 Å². The van der Waals surface area contributed by atoms with E-state index in [0.29, 0.717) is 12.0 Å². The van der Waals surface area contributed by atoms with Gasteiger partial charge < -0.3 is 14.8 Å². The van der Waals surface area contributed by atoms with Gasteiger partial charge in [0, 0.05) is 31.0 Å². The maximum absolute atomic E-state index is 12.9. The van der Waals surface area contributed by atoms with E-state index in [2.05, 4.69) is 15.2 Å². The first kappa shape index (κ1) is 17.3. The van der Waals surface area contributed by atoms with Gasteiger partial charge in [-0.3, -0.25) is 4.79 Å². The van der Waals surface area contributed by atoms with Gasteiger partial charge in [0.2, 0.25) is 5.91 Å². The summed E-state index contributed by atoms with van der Waals surface area (Å²) in [7, 11) is 0. The van der Waals surface area contributed by atoms with E-state index in [1.165, 1.54) is 19.3 Å². The molecular formula is C21H28N4O. The van der Waals surface area contributed by atoms with Crippen molar-refractivity contribution in [3.05, 3.63) is 42.7 Å². The Morgan fingerprint density at radius 2 is 1.88 bits per heavy atom. The number of carbonyl (C=O) groups excluding carboxylic acids is 1. The van der Waals surface area contributed by atoms with Crippen LogP contribution in [0.4, 0.5) is 0 Å². The molecule has 4 rings (SSSR count). The Hall–Kier alpha value is -2.14. The van der Waals surface area contributed by atoms with Crippen molar-refractivity contribution in [2.45, 2.75) is 38.6 Å². The molecule has 2 aliphatic heterocycles. The third-order valence-corrected chi connectivity index (χ3v) is 6.12. The lowest BCUT2D eigenvalue weighted by molar-refractivity contribution is -0.131. The van der Waals surface area contributed by atoms with Crippen LogP contribution in [0.15, 0.2) is 42.7 Å². The summed E-state index contributed by atoms with van der Waals surface area (Å²) in [5.41, 5.74) is 1.51. The lowest BCUT2D eigenvalue weighted by Gasteiger charge is -2.37. The van der Waals surface area contributed by atoms with Crippen LogP contribution >= 0.6 is 0 Å². The second-order valence-corrected chi connectivity index (χ2v) is 7.73. The molecule has 26 heavy (non-hydrogen) atoms. The van der Waals surface area contributed by atoms with Crippen LogP contribution < -0.4 is 5.32 Å². The quantitative estimate of drug-likeness (QED) is 0.924. The molecule has 3 heterocycles. The van der Waals surface area contributed by atoms with Crippen LogP contribution in [0.2, 0.25) is 0 Å². The van der Waals surface area contributed by atoms with Gasteiger partial charge in [0.25, 0.3) is 0 Å². The summed E-state index contributed by atoms with van der Waals surface area (Å²) in [6.07, 6.45) is 9.74. The number of imidazole rings is 1. The number of hydrogen-bond donors (Lipinski definition) is 1. The van der Waals surface area contributed by atoms with Crippen LogP contribution in [0.25, 0.3) is 11.4 Å². The zero-order valence-corrected chi connectivity index (χ0v) is 15.4. The molecule has 1 amide bonds. The Labute approximate surface area is 155 Å². The van der Waals surface area contributed by atoms with E-state index in [1.54, 1.807) is 6.20 Å². The van der Waals surface area contributed by atoms with Gasteiger partial charge >= 0.3 is 0 Å². The molecule has 138 valence electrons. The SMILES string of the molecule is O=C(Cn1ccnc1-c1ccccc1)N1CCCC2(CCNCC2)CC1. The van der Waals surface area contributed by atoms with Gasteiger partial charge in [-0.1, -0.05) is 30.3 Å². The van der Waals surface area contributed by atoms with E-state index in [9.17, 15) is 4.79 Å². The largest absolute Gasteiger partial charge is 0.341 e. The van der Waals surface area contributed by atoms with Crippen molar-refractivity contribution in [3.8, 4) is 11.4 Å². The third-order valence-electron chi connectivity index (χ3n) is 6.12. The van der Waals surface area contributed by atoms with Gasteiger partial charge in [-0.15, -0.1) is 0 Å². The minimum atomic E-state index is 0.214. The zero-order chi connectivity index (χ0) is 17.8. The van der Waals surface area contributed by atoms with E-state index in [1.807, 2.05) is 41.1 Å². The number of nitrogens with zero attached hydrogens (tertiary/aromatic N) is 3. The third kappa shape index (κ3) is 3.68. The number of piperidine rings is 1. The van der Waals surface area contributed by atoms with Crippen molar-refractivity contribution in [1.29, 1.82) is 0 Å². The summed E-state index contributed by atoms with van der Waals surface area (Å²) in [5.74, 6) is 1.08. The molecule has 0 saturated carbocycles. The van der Waals surface area contributed by atoms with Crippen molar-refractivity contribution in [1.82, 2.24) is 19.8 Å². The first-order chi connectivity index (χ1) is 12.8. The van der Waals surface area contributed by atoms with Gasteiger partial charge in [0.15, 0.2) is 0 Å². The van der Waals surface area contributed by atoms with Crippen LogP contribution in [0.5, 0.6) is 0 Å². The number of rotatable bonds is 3. The second-order valence-electron chi connectivity index (χ2n) is 7.73. The summed E-state index contributed by atoms with van der Waals surface area (Å²) >= 11 is 0. The Morgan fingerprint density at radius 1 is 1.08 bits per heavy atom. The fourth-order valence-corrected chi connectivity index (χ4v) is 4.49. The van der Waals surface area contributed by atoms with Crippen LogP contribution in [0, 0.1) is 5.41 Å². The molecule has 0 radical (unpaired) electrons. The number of aromatic nitrogens is 2. The summed E-state index contributed by atoms with van der Waals surface area (Å²) in [6, 6.07) is 10.1. The van der Waals surface area contributed by atoms with Crippen LogP contribution in [0.3, 0.4) is 0 Å². The number of likely N-dealkylation sites (tertiary alicyclic amines) is 1. The molecule has 2 aliphatic rings. The average Bonchev–Trinajstić information content (AvgIpc) is 3.04. The highest BCUT2D eigenvalue weighted by atomic mass is 16.2. The standard InChI is InChI=1S/C21H28N4O/c26-19(17-25-16-13-23-20(25)18-5-2-1-3-6-18)24-14-4-7-21(10-15-24)8-11-22-12-9-21/h1-3,5-6,13,16,22H,4,7-12,14-15,17H2. The Kier molecular flexibility index (Phi) is 5.07. The predicted octanol–water partition coefficient (Wildman–Crippen LogP) is 2.93. The van der Waals surface area contributed by atoms with Gasteiger partial charge in [-0.05, 0) is 50.6 Å². The Bertz CT molecular complexity index is 733. The fourth-order valence-electron chi connectivity index (χ4n) is 4.49. The molecule has 5 heteroatoms. The molecule has 1 aromatic carbocycles. The van der Waals surface area contributed by atoms with Crippen LogP contribution in [-0.2, 0) is 11.3 Å². The first-order valence-corrected chi connectivity index (χ1v) is 9.81. The molecule has 2 saturated heterocycles. The Balaban J connectivity index is 1.42. The van der Waals surface area contributed by atoms with Crippen molar-refractivity contribution in [2.24, 2.45) is 5.41 Å². The smallest absolute Gasteiger partial charge is 0.242 e. The molecule has 1 spiro atoms. The van der Waals surface area contributed by atoms with E-state index in [0.717, 1.165) is 50.4 Å². The minimum absolute atomic E-state index is 0.214. The molecular weight excluding hydrogens is 324 g/mol. The topological polar surface area (TPSA) is 50.2 Å². The molecule has 0 aliphatic carbocycles. The first-order valence-electron chi connectivity index (χ1n) is 9.81. The molecule has 5 nitrogen and oxygen atoms in total. The summed E-state index contributed by atoms with van der Waals surface area (Å²) in [6.45, 7) is 4.42. The highest BCUT2D eigenvalue weighted by Gasteiger charge is 2.34. The molecule has 1 N–H and O–H groups in total. The van der Waals surface area contributed by atoms with Crippen molar-refractivity contribution < 1.29 is 4.79 Å². The number of carbonyl (C=O) groups is 1. The van der Waals surface area contributed by atoms with Gasteiger partial charge in [-0.2, -0.15) is 0 Å². The highest BCUT2D eigenvalue weighted by molar-refractivity contribution is 5.76. The number of amides is 1. The Morgan fingerprint density at radius 3 is 2.69 bits per heavy atom. The van der Waals surface area contributed by atoms with Gasteiger partial charge in [0.05, 0.1) is 0 Å². The number of nitrogens with one attached hydrogen (secondary N) is 1. The van der Waals surface area contributed by atoms with E-state index in [4.69, 9.17) is 0 Å².